The molecule has 3 unspecified atom stereocenters. The Balaban J connectivity index is 0.000000194. The molecular weight excluding hydrogens is 556 g/mol. The fraction of sp³-hybridized carbons (Fsp3) is 0.366. The number of aliphatic hydroxyl groups is 1. The Morgan fingerprint density at radius 1 is 0.556 bits per heavy atom. The number of aromatic hydroxyl groups is 1. The second kappa shape index (κ2) is 15.8. The van der Waals surface area contributed by atoms with Gasteiger partial charge in [0.2, 0.25) is 0 Å². The molecule has 1 aliphatic carbocycles. The van der Waals surface area contributed by atoms with Crippen molar-refractivity contribution in [1.29, 1.82) is 0 Å². The fourth-order valence-corrected chi connectivity index (χ4v) is 5.15. The van der Waals surface area contributed by atoms with Crippen molar-refractivity contribution in [1.82, 2.24) is 0 Å². The monoisotopic (exact) mass is 606 g/mol. The van der Waals surface area contributed by atoms with Gasteiger partial charge in [0.25, 0.3) is 0 Å². The molecule has 0 saturated heterocycles. The van der Waals surface area contributed by atoms with Crippen LogP contribution in [0.2, 0.25) is 0 Å². The molecular formula is C41H50O4. The van der Waals surface area contributed by atoms with Gasteiger partial charge >= 0.3 is 0 Å². The van der Waals surface area contributed by atoms with E-state index in [1.165, 1.54) is 11.1 Å². The molecule has 0 amide bonds. The molecule has 0 heterocycles. The molecule has 4 aromatic carbocycles. The van der Waals surface area contributed by atoms with Crippen molar-refractivity contribution in [2.45, 2.75) is 98.0 Å². The summed E-state index contributed by atoms with van der Waals surface area (Å²) >= 11 is 0. The van der Waals surface area contributed by atoms with E-state index in [0.29, 0.717) is 45.8 Å². The fourth-order valence-electron chi connectivity index (χ4n) is 5.15. The molecule has 0 fully saturated rings. The zero-order valence-corrected chi connectivity index (χ0v) is 28.2. The van der Waals surface area contributed by atoms with Crippen LogP contribution in [-0.2, 0) is 5.60 Å². The first-order valence-corrected chi connectivity index (χ1v) is 16.3. The number of carbonyl (C=O) groups is 2. The van der Waals surface area contributed by atoms with Crippen LogP contribution in [0.25, 0.3) is 0 Å². The highest BCUT2D eigenvalue weighted by Gasteiger charge is 2.29. The number of benzene rings is 4. The Morgan fingerprint density at radius 2 is 0.933 bits per heavy atom. The number of fused-ring (bicyclic) bond motifs is 2. The van der Waals surface area contributed by atoms with Crippen LogP contribution in [0.1, 0.15) is 147 Å². The summed E-state index contributed by atoms with van der Waals surface area (Å²) in [5.74, 6) is 1.84. The third-order valence-corrected chi connectivity index (χ3v) is 9.00. The van der Waals surface area contributed by atoms with Crippen LogP contribution in [-0.4, -0.2) is 21.8 Å². The van der Waals surface area contributed by atoms with E-state index in [4.69, 9.17) is 5.11 Å². The van der Waals surface area contributed by atoms with Crippen LogP contribution < -0.4 is 0 Å². The lowest BCUT2D eigenvalue weighted by molar-refractivity contribution is 0.0785. The van der Waals surface area contributed by atoms with E-state index in [-0.39, 0.29) is 11.6 Å². The zero-order chi connectivity index (χ0) is 33.3. The van der Waals surface area contributed by atoms with Crippen molar-refractivity contribution in [3.63, 3.8) is 0 Å². The number of rotatable bonds is 7. The molecule has 5 rings (SSSR count). The lowest BCUT2D eigenvalue weighted by Gasteiger charge is -2.19. The summed E-state index contributed by atoms with van der Waals surface area (Å²) in [6.45, 7) is 16.6. The van der Waals surface area contributed by atoms with Crippen molar-refractivity contribution in [2.75, 3.05) is 0 Å². The smallest absolute Gasteiger partial charge is 0.194 e. The van der Waals surface area contributed by atoms with Gasteiger partial charge in [0, 0.05) is 22.3 Å². The first kappa shape index (κ1) is 35.5. The van der Waals surface area contributed by atoms with Crippen molar-refractivity contribution < 1.29 is 19.8 Å². The van der Waals surface area contributed by atoms with Gasteiger partial charge in [-0.1, -0.05) is 114 Å². The molecule has 3 atom stereocenters. The average Bonchev–Trinajstić information content (AvgIpc) is 3.06. The van der Waals surface area contributed by atoms with E-state index in [2.05, 4.69) is 53.7 Å². The van der Waals surface area contributed by atoms with Gasteiger partial charge in [-0.25, -0.2) is 0 Å². The lowest BCUT2D eigenvalue weighted by Crippen LogP contribution is -2.21. The predicted octanol–water partition coefficient (Wildman–Crippen LogP) is 10.3. The van der Waals surface area contributed by atoms with Crippen molar-refractivity contribution in [2.24, 2.45) is 0 Å². The van der Waals surface area contributed by atoms with E-state index in [1.54, 1.807) is 42.5 Å². The second-order valence-electron chi connectivity index (χ2n) is 12.7. The summed E-state index contributed by atoms with van der Waals surface area (Å²) in [6.07, 6.45) is 3.31. The topological polar surface area (TPSA) is 74.6 Å². The highest BCUT2D eigenvalue weighted by molar-refractivity contribution is 6.28. The molecule has 1 aliphatic rings. The molecule has 2 N–H and O–H groups in total. The van der Waals surface area contributed by atoms with Crippen LogP contribution >= 0.6 is 0 Å². The minimum absolute atomic E-state index is 0.0413. The van der Waals surface area contributed by atoms with E-state index in [0.717, 1.165) is 30.4 Å². The number of carbonyl (C=O) groups excluding carboxylic acids is 2. The maximum atomic E-state index is 12.6. The number of ketones is 2. The van der Waals surface area contributed by atoms with Crippen LogP contribution in [0.15, 0.2) is 91.0 Å². The van der Waals surface area contributed by atoms with Crippen molar-refractivity contribution in [3.05, 3.63) is 136 Å². The summed E-state index contributed by atoms with van der Waals surface area (Å²) in [6, 6.07) is 28.4. The third kappa shape index (κ3) is 9.02. The van der Waals surface area contributed by atoms with E-state index >= 15 is 0 Å². The van der Waals surface area contributed by atoms with Gasteiger partial charge in [-0.2, -0.15) is 0 Å². The van der Waals surface area contributed by atoms with Crippen LogP contribution in [0.5, 0.6) is 5.75 Å². The largest absolute Gasteiger partial charge is 0.508 e. The van der Waals surface area contributed by atoms with Gasteiger partial charge in [0.15, 0.2) is 11.6 Å². The van der Waals surface area contributed by atoms with Crippen LogP contribution in [0, 0.1) is 0 Å². The van der Waals surface area contributed by atoms with E-state index < -0.39 is 5.60 Å². The Morgan fingerprint density at radius 3 is 1.38 bits per heavy atom. The number of hydrogen-bond donors (Lipinski definition) is 2. The third-order valence-electron chi connectivity index (χ3n) is 9.00. The lowest BCUT2D eigenvalue weighted by atomic mass is 9.82. The van der Waals surface area contributed by atoms with Crippen LogP contribution in [0.3, 0.4) is 0 Å². The molecule has 0 aromatic heterocycles. The minimum atomic E-state index is -0.728. The number of hydrogen-bond acceptors (Lipinski definition) is 4. The van der Waals surface area contributed by atoms with E-state index in [1.807, 2.05) is 50.2 Å². The molecule has 4 nitrogen and oxygen atoms in total. The SMILES string of the molecule is CCC(C)c1ccc(C(C)(C)O)cc1.CCC(C)c1ccc(O)cc1.CCC(C)c1ccc2c(c1)C(=O)c1ccccc1C2=O. The van der Waals surface area contributed by atoms with Crippen molar-refractivity contribution in [3.8, 4) is 5.75 Å². The molecule has 0 radical (unpaired) electrons. The first-order valence-electron chi connectivity index (χ1n) is 16.3. The Hall–Kier alpha value is -4.02. The molecule has 0 bridgehead atoms. The summed E-state index contributed by atoms with van der Waals surface area (Å²) in [5, 5.41) is 18.8. The first-order chi connectivity index (χ1) is 21.3. The van der Waals surface area contributed by atoms with Crippen molar-refractivity contribution >= 4 is 11.6 Å². The van der Waals surface area contributed by atoms with Gasteiger partial charge in [-0.15, -0.1) is 0 Å². The highest BCUT2D eigenvalue weighted by Crippen LogP contribution is 2.30. The highest BCUT2D eigenvalue weighted by atomic mass is 16.3. The van der Waals surface area contributed by atoms with E-state index in [9.17, 15) is 14.7 Å². The summed E-state index contributed by atoms with van der Waals surface area (Å²) < 4.78 is 0. The molecule has 0 saturated carbocycles. The Bertz CT molecular complexity index is 1560. The summed E-state index contributed by atoms with van der Waals surface area (Å²) in [7, 11) is 0. The molecule has 0 spiro atoms. The van der Waals surface area contributed by atoms with Gasteiger partial charge in [-0.05, 0) is 91.3 Å². The molecule has 238 valence electrons. The summed E-state index contributed by atoms with van der Waals surface area (Å²) in [4.78, 5) is 25.0. The molecule has 4 aromatic rings. The maximum Gasteiger partial charge on any atom is 0.194 e. The van der Waals surface area contributed by atoms with Gasteiger partial charge < -0.3 is 10.2 Å². The zero-order valence-electron chi connectivity index (χ0n) is 28.2. The second-order valence-corrected chi connectivity index (χ2v) is 12.7. The quantitative estimate of drug-likeness (QED) is 0.193. The van der Waals surface area contributed by atoms with Gasteiger partial charge in [0.1, 0.15) is 5.75 Å². The van der Waals surface area contributed by atoms with Crippen LogP contribution in [0.4, 0.5) is 0 Å². The minimum Gasteiger partial charge on any atom is -0.508 e. The van der Waals surface area contributed by atoms with Gasteiger partial charge in [-0.3, -0.25) is 9.59 Å². The maximum absolute atomic E-state index is 12.6. The standard InChI is InChI=1S/C18H16O2.C13H20O.C10H14O/c1-3-11(2)12-8-9-15-16(10-12)18(20)14-7-5-4-6-13(14)17(15)19;1-5-10(2)11-6-8-12(9-7-11)13(3,4)14;1-3-8(2)9-4-6-10(11)7-5-9/h4-11H,3H2,1-2H3;6-10,14H,5H2,1-4H3;4-8,11H,3H2,1-2H3. The number of phenolic OH excluding ortho intramolecular Hbond substituents is 1. The molecule has 4 heteroatoms. The molecule has 45 heavy (non-hydrogen) atoms. The normalized spacial score (nSPS) is 14.1. The predicted molar refractivity (Wildman–Crippen MR) is 186 cm³/mol. The average molecular weight is 607 g/mol. The summed E-state index contributed by atoms with van der Waals surface area (Å²) in [5.41, 5.74) is 6.12. The Labute approximate surface area is 270 Å². The van der Waals surface area contributed by atoms with Gasteiger partial charge in [0.05, 0.1) is 5.60 Å². The Kier molecular flexibility index (Phi) is 12.5. The molecule has 0 aliphatic heterocycles. The number of phenols is 1.